The van der Waals surface area contributed by atoms with Crippen molar-refractivity contribution in [1.82, 2.24) is 19.9 Å². The van der Waals surface area contributed by atoms with E-state index >= 15 is 0 Å². The second kappa shape index (κ2) is 9.36. The maximum Gasteiger partial charge on any atom is 0.290 e. The molecule has 1 amide bonds. The van der Waals surface area contributed by atoms with Gasteiger partial charge in [-0.2, -0.15) is 5.10 Å². The van der Waals surface area contributed by atoms with Gasteiger partial charge in [0.1, 0.15) is 29.3 Å². The van der Waals surface area contributed by atoms with Crippen LogP contribution < -0.4 is 15.8 Å². The molecule has 164 valence electrons. The first-order valence-corrected chi connectivity index (χ1v) is 10.1. The van der Waals surface area contributed by atoms with E-state index in [1.807, 2.05) is 54.6 Å². The van der Waals surface area contributed by atoms with Gasteiger partial charge in [-0.25, -0.2) is 4.52 Å². The summed E-state index contributed by atoms with van der Waals surface area (Å²) in [5.41, 5.74) is 11.4. The van der Waals surface area contributed by atoms with Gasteiger partial charge >= 0.3 is 0 Å². The first-order valence-electron chi connectivity index (χ1n) is 10.1. The number of nitrogens with zero attached hydrogens (tertiary/aromatic N) is 2. The van der Waals surface area contributed by atoms with Crippen LogP contribution in [-0.4, -0.2) is 38.6 Å². The summed E-state index contributed by atoms with van der Waals surface area (Å²) >= 11 is 0. The summed E-state index contributed by atoms with van der Waals surface area (Å²) in [6.07, 6.45) is 0.875. The number of carbonyl (C=O) groups is 2. The molecule has 0 fully saturated rings. The SMILES string of the molecule is NC(=O)c1c(-c2ccc(OCc3ccccc3)cc2)nn2c3c([nH]c12)CCNC3.O=CO. The van der Waals surface area contributed by atoms with E-state index in [2.05, 4.69) is 10.3 Å². The van der Waals surface area contributed by atoms with Crippen LogP contribution in [0.3, 0.4) is 0 Å². The van der Waals surface area contributed by atoms with Crippen molar-refractivity contribution in [3.05, 3.63) is 77.1 Å². The molecule has 0 atom stereocenters. The van der Waals surface area contributed by atoms with Gasteiger partial charge in [-0.1, -0.05) is 30.3 Å². The van der Waals surface area contributed by atoms with Crippen LogP contribution in [0.2, 0.25) is 0 Å². The molecule has 0 aliphatic carbocycles. The lowest BCUT2D eigenvalue weighted by Crippen LogP contribution is -2.24. The molecule has 9 heteroatoms. The number of benzene rings is 2. The Hall–Kier alpha value is -4.11. The highest BCUT2D eigenvalue weighted by atomic mass is 16.5. The summed E-state index contributed by atoms with van der Waals surface area (Å²) < 4.78 is 7.65. The normalized spacial score (nSPS) is 12.5. The molecule has 2 aromatic heterocycles. The fraction of sp³-hybridized carbons (Fsp3) is 0.174. The standard InChI is InChI=1S/C22H21N5O2.CH2O2/c23-21(28)19-20(26-27-18-12-24-11-10-17(18)25-22(19)27)15-6-8-16(9-7-15)29-13-14-4-2-1-3-5-14;2-1-3/h1-9,24-25H,10-13H2,(H2,23,28);1H,(H,2,3). The first-order chi connectivity index (χ1) is 15.6. The molecule has 0 saturated carbocycles. The molecule has 0 radical (unpaired) electrons. The van der Waals surface area contributed by atoms with E-state index in [-0.39, 0.29) is 6.47 Å². The number of rotatable bonds is 5. The van der Waals surface area contributed by atoms with Crippen molar-refractivity contribution in [2.24, 2.45) is 5.73 Å². The monoisotopic (exact) mass is 433 g/mol. The molecule has 5 rings (SSSR count). The third kappa shape index (κ3) is 4.19. The maximum absolute atomic E-state index is 12.2. The van der Waals surface area contributed by atoms with Crippen molar-refractivity contribution in [2.45, 2.75) is 19.6 Å². The lowest BCUT2D eigenvalue weighted by molar-refractivity contribution is -0.122. The van der Waals surface area contributed by atoms with Gasteiger partial charge in [0.15, 0.2) is 0 Å². The van der Waals surface area contributed by atoms with Gasteiger partial charge < -0.3 is 25.9 Å². The topological polar surface area (TPSA) is 135 Å². The van der Waals surface area contributed by atoms with E-state index in [0.29, 0.717) is 30.1 Å². The minimum atomic E-state index is -0.494. The average molecular weight is 433 g/mol. The Kier molecular flexibility index (Phi) is 6.18. The molecule has 4 aromatic rings. The molecule has 1 aliphatic heterocycles. The summed E-state index contributed by atoms with van der Waals surface area (Å²) in [4.78, 5) is 23.9. The summed E-state index contributed by atoms with van der Waals surface area (Å²) in [5.74, 6) is 0.260. The van der Waals surface area contributed by atoms with Crippen LogP contribution in [0, 0.1) is 0 Å². The van der Waals surface area contributed by atoms with Gasteiger partial charge in [-0.15, -0.1) is 0 Å². The van der Waals surface area contributed by atoms with Crippen molar-refractivity contribution in [2.75, 3.05) is 6.54 Å². The molecule has 0 unspecified atom stereocenters. The van der Waals surface area contributed by atoms with Gasteiger partial charge in [0.2, 0.25) is 0 Å². The van der Waals surface area contributed by atoms with E-state index < -0.39 is 5.91 Å². The average Bonchev–Trinajstić information content (AvgIpc) is 3.35. The number of H-pyrrole nitrogens is 1. The number of nitrogens with one attached hydrogen (secondary N) is 2. The second-order valence-corrected chi connectivity index (χ2v) is 7.23. The number of carbonyl (C=O) groups excluding carboxylic acids is 1. The minimum absolute atomic E-state index is 0.250. The second-order valence-electron chi connectivity index (χ2n) is 7.23. The Balaban J connectivity index is 0.000000775. The maximum atomic E-state index is 12.2. The molecule has 9 nitrogen and oxygen atoms in total. The third-order valence-electron chi connectivity index (χ3n) is 5.23. The molecule has 0 spiro atoms. The number of ether oxygens (including phenoxy) is 1. The van der Waals surface area contributed by atoms with Gasteiger partial charge in [0.05, 0.1) is 5.69 Å². The summed E-state index contributed by atoms with van der Waals surface area (Å²) in [6.45, 7) is 1.86. The van der Waals surface area contributed by atoms with Crippen LogP contribution in [0.1, 0.15) is 27.3 Å². The van der Waals surface area contributed by atoms with Crippen molar-refractivity contribution in [3.8, 4) is 17.0 Å². The number of aromatic amines is 1. The Bertz CT molecular complexity index is 1230. The van der Waals surface area contributed by atoms with Crippen molar-refractivity contribution >= 4 is 18.0 Å². The number of primary amides is 1. The van der Waals surface area contributed by atoms with Crippen molar-refractivity contribution in [1.29, 1.82) is 0 Å². The molecular formula is C23H23N5O4. The quantitative estimate of drug-likeness (QED) is 0.357. The molecule has 32 heavy (non-hydrogen) atoms. The van der Waals surface area contributed by atoms with Gasteiger partial charge in [-0.3, -0.25) is 9.59 Å². The number of hydrogen-bond acceptors (Lipinski definition) is 5. The molecule has 0 saturated heterocycles. The van der Waals surface area contributed by atoms with E-state index in [4.69, 9.17) is 25.5 Å². The molecule has 1 aliphatic rings. The van der Waals surface area contributed by atoms with E-state index in [1.165, 1.54) is 0 Å². The van der Waals surface area contributed by atoms with Crippen molar-refractivity contribution < 1.29 is 19.4 Å². The largest absolute Gasteiger partial charge is 0.489 e. The fourth-order valence-corrected chi connectivity index (χ4v) is 3.77. The highest BCUT2D eigenvalue weighted by Crippen LogP contribution is 2.29. The first kappa shape index (κ1) is 21.1. The summed E-state index contributed by atoms with van der Waals surface area (Å²) in [5, 5.41) is 14.9. The number of carboxylic acid groups (broad SMARTS) is 1. The number of amides is 1. The Labute approximate surface area is 183 Å². The van der Waals surface area contributed by atoms with Crippen LogP contribution in [0.15, 0.2) is 54.6 Å². The zero-order valence-electron chi connectivity index (χ0n) is 17.2. The number of hydrogen-bond donors (Lipinski definition) is 4. The predicted molar refractivity (Wildman–Crippen MR) is 118 cm³/mol. The molecular weight excluding hydrogens is 410 g/mol. The Morgan fingerprint density at radius 1 is 1.19 bits per heavy atom. The number of nitrogens with two attached hydrogens (primary N) is 1. The Morgan fingerprint density at radius 2 is 1.91 bits per heavy atom. The van der Waals surface area contributed by atoms with Gasteiger partial charge in [0.25, 0.3) is 12.4 Å². The van der Waals surface area contributed by atoms with Gasteiger partial charge in [-0.05, 0) is 29.8 Å². The lowest BCUT2D eigenvalue weighted by Gasteiger charge is -2.11. The zero-order valence-corrected chi connectivity index (χ0v) is 17.2. The number of imidazole rings is 1. The smallest absolute Gasteiger partial charge is 0.290 e. The van der Waals surface area contributed by atoms with E-state index in [1.54, 1.807) is 4.52 Å². The van der Waals surface area contributed by atoms with Gasteiger partial charge in [0, 0.05) is 30.8 Å². The Morgan fingerprint density at radius 3 is 2.59 bits per heavy atom. The highest BCUT2D eigenvalue weighted by molar-refractivity contribution is 6.04. The number of fused-ring (bicyclic) bond motifs is 3. The van der Waals surface area contributed by atoms with Crippen LogP contribution in [0.4, 0.5) is 0 Å². The molecule has 2 aromatic carbocycles. The van der Waals surface area contributed by atoms with Crippen LogP contribution in [0.25, 0.3) is 16.9 Å². The highest BCUT2D eigenvalue weighted by Gasteiger charge is 2.25. The molecule has 0 bridgehead atoms. The minimum Gasteiger partial charge on any atom is -0.489 e. The van der Waals surface area contributed by atoms with Crippen LogP contribution >= 0.6 is 0 Å². The van der Waals surface area contributed by atoms with E-state index in [0.717, 1.165) is 41.2 Å². The summed E-state index contributed by atoms with van der Waals surface area (Å²) in [6, 6.07) is 17.6. The molecule has 5 N–H and O–H groups in total. The van der Waals surface area contributed by atoms with Crippen LogP contribution in [-0.2, 0) is 24.4 Å². The van der Waals surface area contributed by atoms with Crippen LogP contribution in [0.5, 0.6) is 5.75 Å². The summed E-state index contributed by atoms with van der Waals surface area (Å²) in [7, 11) is 0. The lowest BCUT2D eigenvalue weighted by atomic mass is 10.1. The predicted octanol–water partition coefficient (Wildman–Crippen LogP) is 2.35. The third-order valence-corrected chi connectivity index (χ3v) is 5.23. The zero-order chi connectivity index (χ0) is 22.5. The van der Waals surface area contributed by atoms with Crippen molar-refractivity contribution in [3.63, 3.8) is 0 Å². The molecule has 3 heterocycles. The fourth-order valence-electron chi connectivity index (χ4n) is 3.77. The number of aromatic nitrogens is 3. The van der Waals surface area contributed by atoms with E-state index in [9.17, 15) is 4.79 Å².